The van der Waals surface area contributed by atoms with Crippen LogP contribution in [-0.2, 0) is 9.47 Å². The van der Waals surface area contributed by atoms with Gasteiger partial charge in [0.15, 0.2) is 0 Å². The molecule has 0 aliphatic carbocycles. The lowest BCUT2D eigenvalue weighted by molar-refractivity contribution is 0.0673. The zero-order chi connectivity index (χ0) is 11.8. The van der Waals surface area contributed by atoms with Crippen LogP contribution in [0.1, 0.15) is 11.6 Å². The average Bonchev–Trinajstić information content (AvgIpc) is 2.92. The lowest BCUT2D eigenvalue weighted by Gasteiger charge is -2.17. The predicted octanol–water partition coefficient (Wildman–Crippen LogP) is 1.93. The van der Waals surface area contributed by atoms with Crippen LogP contribution in [0.2, 0.25) is 0 Å². The summed E-state index contributed by atoms with van der Waals surface area (Å²) in [6.45, 7) is 3.41. The van der Waals surface area contributed by atoms with Crippen LogP contribution < -0.4 is 0 Å². The van der Waals surface area contributed by atoms with E-state index in [0.29, 0.717) is 13.2 Å². The molecular weight excluding hydrogens is 216 g/mol. The van der Waals surface area contributed by atoms with Crippen molar-refractivity contribution in [3.8, 4) is 0 Å². The molecule has 0 bridgehead atoms. The van der Waals surface area contributed by atoms with Crippen molar-refractivity contribution >= 4 is 10.9 Å². The number of aryl methyl sites for hydroxylation is 1. The highest BCUT2D eigenvalue weighted by molar-refractivity contribution is 5.79. The molecule has 1 aromatic carbocycles. The highest BCUT2D eigenvalue weighted by Gasteiger charge is 2.31. The number of hydrogen-bond donors (Lipinski definition) is 0. The van der Waals surface area contributed by atoms with Crippen LogP contribution >= 0.6 is 0 Å². The van der Waals surface area contributed by atoms with Gasteiger partial charge in [-0.15, -0.1) is 0 Å². The summed E-state index contributed by atoms with van der Waals surface area (Å²) in [6.07, 6.45) is 2.01. The number of fused-ring (bicyclic) bond motifs is 1. The molecule has 1 fully saturated rings. The maximum Gasteiger partial charge on any atom is 0.105 e. The lowest BCUT2D eigenvalue weighted by Crippen LogP contribution is -2.25. The zero-order valence-corrected chi connectivity index (χ0v) is 10.1. The smallest absolute Gasteiger partial charge is 0.105 e. The van der Waals surface area contributed by atoms with E-state index in [1.54, 1.807) is 7.11 Å². The first kappa shape index (κ1) is 10.7. The highest BCUT2D eigenvalue weighted by Crippen LogP contribution is 2.26. The third-order valence-corrected chi connectivity index (χ3v) is 3.37. The molecule has 0 saturated carbocycles. The molecule has 0 amide bonds. The number of ether oxygens (including phenoxy) is 2. The standard InChI is InChI=1S/C13H16N2O2/c1-9-3-4-11-10(5-9)6-14-15(11)12-7-17-8-13(12)16-2/h3-6,12-13H,7-8H2,1-2H3/t12-,13-/m0/s1. The lowest BCUT2D eigenvalue weighted by atomic mass is 10.1. The summed E-state index contributed by atoms with van der Waals surface area (Å²) in [5.41, 5.74) is 2.40. The second kappa shape index (κ2) is 4.13. The number of nitrogens with zero attached hydrogens (tertiary/aromatic N) is 2. The van der Waals surface area contributed by atoms with Gasteiger partial charge in [-0.25, -0.2) is 0 Å². The fraction of sp³-hybridized carbons (Fsp3) is 0.462. The van der Waals surface area contributed by atoms with E-state index in [0.717, 1.165) is 5.52 Å². The third-order valence-electron chi connectivity index (χ3n) is 3.37. The fourth-order valence-corrected chi connectivity index (χ4v) is 2.41. The maximum atomic E-state index is 5.47. The number of hydrogen-bond acceptors (Lipinski definition) is 3. The summed E-state index contributed by atoms with van der Waals surface area (Å²) in [5, 5.41) is 5.65. The first-order valence-electron chi connectivity index (χ1n) is 5.84. The second-order valence-electron chi connectivity index (χ2n) is 4.53. The first-order valence-corrected chi connectivity index (χ1v) is 5.84. The molecule has 4 heteroatoms. The monoisotopic (exact) mass is 232 g/mol. The molecule has 0 N–H and O–H groups in total. The van der Waals surface area contributed by atoms with E-state index in [4.69, 9.17) is 9.47 Å². The van der Waals surface area contributed by atoms with E-state index in [9.17, 15) is 0 Å². The van der Waals surface area contributed by atoms with Crippen molar-refractivity contribution in [1.29, 1.82) is 0 Å². The molecule has 4 nitrogen and oxygen atoms in total. The van der Waals surface area contributed by atoms with Gasteiger partial charge >= 0.3 is 0 Å². The van der Waals surface area contributed by atoms with Gasteiger partial charge in [0.1, 0.15) is 12.1 Å². The molecule has 1 aliphatic heterocycles. The molecule has 2 heterocycles. The predicted molar refractivity (Wildman–Crippen MR) is 65.1 cm³/mol. The summed E-state index contributed by atoms with van der Waals surface area (Å²) in [6, 6.07) is 6.55. The van der Waals surface area contributed by atoms with E-state index in [1.807, 2.05) is 10.9 Å². The Balaban J connectivity index is 2.05. The number of rotatable bonds is 2. The minimum Gasteiger partial charge on any atom is -0.377 e. The first-order chi connectivity index (χ1) is 8.29. The van der Waals surface area contributed by atoms with Crippen LogP contribution in [0.4, 0.5) is 0 Å². The van der Waals surface area contributed by atoms with Gasteiger partial charge in [0, 0.05) is 12.5 Å². The summed E-state index contributed by atoms with van der Waals surface area (Å²) in [4.78, 5) is 0. The van der Waals surface area contributed by atoms with Crippen LogP contribution in [0.25, 0.3) is 10.9 Å². The average molecular weight is 232 g/mol. The molecule has 17 heavy (non-hydrogen) atoms. The molecule has 2 aromatic rings. The number of aromatic nitrogens is 2. The van der Waals surface area contributed by atoms with Crippen molar-refractivity contribution in [3.63, 3.8) is 0 Å². The normalized spacial score (nSPS) is 24.6. The molecule has 1 saturated heterocycles. The van der Waals surface area contributed by atoms with Gasteiger partial charge in [-0.05, 0) is 19.1 Å². The third kappa shape index (κ3) is 1.73. The Labute approximate surface area is 100 Å². The summed E-state index contributed by atoms with van der Waals surface area (Å²) < 4.78 is 12.9. The summed E-state index contributed by atoms with van der Waals surface area (Å²) in [7, 11) is 1.72. The fourth-order valence-electron chi connectivity index (χ4n) is 2.41. The quantitative estimate of drug-likeness (QED) is 0.793. The molecule has 2 atom stereocenters. The van der Waals surface area contributed by atoms with Gasteiger partial charge in [0.05, 0.1) is 24.9 Å². The minimum atomic E-state index is 0.0967. The van der Waals surface area contributed by atoms with Gasteiger partial charge in [-0.3, -0.25) is 4.68 Å². The Morgan fingerprint density at radius 3 is 3.12 bits per heavy atom. The number of methoxy groups -OCH3 is 1. The van der Waals surface area contributed by atoms with E-state index < -0.39 is 0 Å². The van der Waals surface area contributed by atoms with Gasteiger partial charge < -0.3 is 9.47 Å². The van der Waals surface area contributed by atoms with E-state index >= 15 is 0 Å². The summed E-state index contributed by atoms with van der Waals surface area (Å²) in [5.74, 6) is 0. The molecule has 1 aliphatic rings. The molecule has 0 radical (unpaired) electrons. The van der Waals surface area contributed by atoms with Crippen LogP contribution in [0, 0.1) is 6.92 Å². The van der Waals surface area contributed by atoms with Crippen LogP contribution in [0.5, 0.6) is 0 Å². The zero-order valence-electron chi connectivity index (χ0n) is 10.1. The molecule has 90 valence electrons. The van der Waals surface area contributed by atoms with Crippen molar-refractivity contribution in [2.24, 2.45) is 0 Å². The van der Waals surface area contributed by atoms with Crippen molar-refractivity contribution in [1.82, 2.24) is 9.78 Å². The van der Waals surface area contributed by atoms with E-state index in [-0.39, 0.29) is 12.1 Å². The van der Waals surface area contributed by atoms with E-state index in [2.05, 4.69) is 30.2 Å². The van der Waals surface area contributed by atoms with Gasteiger partial charge in [-0.1, -0.05) is 11.6 Å². The van der Waals surface area contributed by atoms with Crippen molar-refractivity contribution < 1.29 is 9.47 Å². The Kier molecular flexibility index (Phi) is 2.61. The van der Waals surface area contributed by atoms with Crippen LogP contribution in [0.15, 0.2) is 24.4 Å². The topological polar surface area (TPSA) is 36.3 Å². The second-order valence-corrected chi connectivity index (χ2v) is 4.53. The Morgan fingerprint density at radius 2 is 2.29 bits per heavy atom. The van der Waals surface area contributed by atoms with E-state index in [1.165, 1.54) is 10.9 Å². The van der Waals surface area contributed by atoms with Crippen molar-refractivity contribution in [2.45, 2.75) is 19.1 Å². The minimum absolute atomic E-state index is 0.0967. The van der Waals surface area contributed by atoms with Crippen LogP contribution in [0.3, 0.4) is 0 Å². The molecule has 0 spiro atoms. The molecule has 1 aromatic heterocycles. The molecule has 3 rings (SSSR count). The SMILES string of the molecule is CO[C@H]1COC[C@@H]1n1ncc2cc(C)ccc21. The Hall–Kier alpha value is -1.39. The molecule has 0 unspecified atom stereocenters. The van der Waals surface area contributed by atoms with Crippen LogP contribution in [-0.4, -0.2) is 36.2 Å². The molecular formula is C13H16N2O2. The van der Waals surface area contributed by atoms with Gasteiger partial charge in [0.2, 0.25) is 0 Å². The largest absolute Gasteiger partial charge is 0.377 e. The van der Waals surface area contributed by atoms with Gasteiger partial charge in [-0.2, -0.15) is 5.10 Å². The summed E-state index contributed by atoms with van der Waals surface area (Å²) >= 11 is 0. The van der Waals surface area contributed by atoms with Gasteiger partial charge in [0.25, 0.3) is 0 Å². The number of benzene rings is 1. The Morgan fingerprint density at radius 1 is 1.41 bits per heavy atom. The van der Waals surface area contributed by atoms with Crippen molar-refractivity contribution in [3.05, 3.63) is 30.0 Å². The Bertz CT molecular complexity index is 535. The maximum absolute atomic E-state index is 5.47. The highest BCUT2D eigenvalue weighted by atomic mass is 16.5. The van der Waals surface area contributed by atoms with Crippen molar-refractivity contribution in [2.75, 3.05) is 20.3 Å².